The zero-order chi connectivity index (χ0) is 106. The van der Waals surface area contributed by atoms with Crippen molar-refractivity contribution in [2.45, 2.75) is 314 Å². The summed E-state index contributed by atoms with van der Waals surface area (Å²) in [4.78, 5) is 5.34. The second-order valence-electron chi connectivity index (χ2n) is 52.5. The lowest BCUT2D eigenvalue weighted by molar-refractivity contribution is 0.568. The quantitative estimate of drug-likeness (QED) is 0.134. The summed E-state index contributed by atoms with van der Waals surface area (Å²) in [5.74, 6) is 0. The molecule has 0 aliphatic carbocycles. The smallest absolute Gasteiger partial charge is 0.252 e. The molecule has 14 aromatic carbocycles. The molecule has 0 saturated heterocycles. The zero-order valence-corrected chi connectivity index (χ0v) is 89.1. The van der Waals surface area contributed by atoms with E-state index < -0.39 is 53.8 Å². The fraction of sp³-hybridized carbons (Fsp3) is 0.364. The number of para-hydroxylation sites is 2. The van der Waals surface area contributed by atoms with Crippen LogP contribution in [0.1, 0.15) is 327 Å². The van der Waals surface area contributed by atoms with E-state index in [1.807, 2.05) is 0 Å². The molecule has 0 spiro atoms. The molecule has 137 heavy (non-hydrogen) atoms. The summed E-state index contributed by atoms with van der Waals surface area (Å²) < 4.78 is 83.1. The zero-order valence-electron chi connectivity index (χ0n) is 97.1. The monoisotopic (exact) mass is 1810 g/mol. The van der Waals surface area contributed by atoms with E-state index in [0.29, 0.717) is 5.69 Å². The van der Waals surface area contributed by atoms with E-state index in [-0.39, 0.29) is 88.0 Å². The van der Waals surface area contributed by atoms with E-state index in [2.05, 4.69) is 476 Å². The van der Waals surface area contributed by atoms with Crippen LogP contribution >= 0.6 is 0 Å². The van der Waals surface area contributed by atoms with E-state index >= 15 is 0 Å². The molecule has 2 aliphatic heterocycles. The number of aromatic nitrogens is 2. The Balaban J connectivity index is 1.15. The molecule has 0 bridgehead atoms. The number of fused-ring (bicyclic) bond motifs is 10. The normalized spacial score (nSPS) is 14.8. The summed E-state index contributed by atoms with van der Waals surface area (Å²) >= 11 is 0. The van der Waals surface area contributed by atoms with Gasteiger partial charge in [-0.1, -0.05) is 413 Å². The SMILES string of the molecule is [2H]c1c([2H])c([2H])c2c(c1[2H])c1c([2H])c([2H])c([2H])c([2H])c1n2-c1ccc2c(c1)N(c1c(-c3ccc(C(C)(C)C)cc3)cc(C(C)(C)C)cc1-c1cc(C(C)(C)C)ccc1C(C)(C)C)c1cc(-c3cc(C(C)(C)C)cc(C(C)(C)C)c3)cc3c1B2c1ccc(-n2c4ccc(C(C)(C)C)cc4c4cc(C(C)(C)C)ccc42)cc1N3c1c(-c2ccc(C(C)(C)C)cc2)cc(C(C)(C)C)cc1-c1cc(C(C)(C)C)cc(C(C)(C)C)c1. The Morgan fingerprint density at radius 3 is 0.861 bits per heavy atom. The predicted octanol–water partition coefficient (Wildman–Crippen LogP) is 35.9. The van der Waals surface area contributed by atoms with Crippen LogP contribution < -0.4 is 26.2 Å². The van der Waals surface area contributed by atoms with Crippen LogP contribution in [0.25, 0.3) is 111 Å². The minimum absolute atomic E-state index is 0.00706. The Morgan fingerprint density at radius 1 is 0.204 bits per heavy atom. The van der Waals surface area contributed by atoms with E-state index in [1.165, 1.54) is 66.4 Å². The summed E-state index contributed by atoms with van der Waals surface area (Å²) in [7, 11) is 0. The van der Waals surface area contributed by atoms with Crippen LogP contribution in [0.3, 0.4) is 0 Å². The predicted molar refractivity (Wildman–Crippen MR) is 601 cm³/mol. The molecule has 0 fully saturated rings. The van der Waals surface area contributed by atoms with E-state index in [4.69, 9.17) is 0 Å². The lowest BCUT2D eigenvalue weighted by atomic mass is 9.33. The van der Waals surface area contributed by atoms with Gasteiger partial charge in [0.05, 0.1) is 44.4 Å². The number of hydrogen-bond acceptors (Lipinski definition) is 2. The molecule has 4 nitrogen and oxygen atoms in total. The van der Waals surface area contributed by atoms with Gasteiger partial charge in [0.25, 0.3) is 6.71 Å². The summed E-state index contributed by atoms with van der Waals surface area (Å²) in [6.45, 7) is 83.2. The first kappa shape index (κ1) is 85.7. The number of rotatable bonds is 9. The highest BCUT2D eigenvalue weighted by Crippen LogP contribution is 2.59. The topological polar surface area (TPSA) is 16.3 Å². The molecule has 0 N–H and O–H groups in total. The highest BCUT2D eigenvalue weighted by atomic mass is 15.2. The number of nitrogens with zero attached hydrogens (tertiary/aromatic N) is 4. The van der Waals surface area contributed by atoms with E-state index in [1.54, 1.807) is 4.57 Å². The minimum Gasteiger partial charge on any atom is -0.310 e. The first-order valence-corrected chi connectivity index (χ1v) is 50.1. The maximum atomic E-state index is 10.3. The number of benzene rings is 14. The van der Waals surface area contributed by atoms with Crippen LogP contribution in [-0.2, 0) is 65.0 Å². The second-order valence-corrected chi connectivity index (χ2v) is 52.5. The number of hydrogen-bond donors (Lipinski definition) is 0. The molecule has 0 radical (unpaired) electrons. The van der Waals surface area contributed by atoms with Crippen molar-refractivity contribution in [3.63, 3.8) is 0 Å². The van der Waals surface area contributed by atoms with Crippen molar-refractivity contribution in [2.75, 3.05) is 9.80 Å². The van der Waals surface area contributed by atoms with Crippen molar-refractivity contribution in [1.82, 2.24) is 9.13 Å². The van der Waals surface area contributed by atoms with Crippen LogP contribution in [-0.4, -0.2) is 15.8 Å². The second kappa shape index (κ2) is 32.5. The average molecular weight is 1810 g/mol. The molecule has 0 unspecified atom stereocenters. The van der Waals surface area contributed by atoms with E-state index in [0.717, 1.165) is 134 Å². The van der Waals surface area contributed by atoms with Gasteiger partial charge in [0.2, 0.25) is 0 Å². The van der Waals surface area contributed by atoms with Gasteiger partial charge >= 0.3 is 0 Å². The van der Waals surface area contributed by atoms with E-state index in [9.17, 15) is 11.0 Å². The molecule has 2 aliphatic rings. The third-order valence-corrected chi connectivity index (χ3v) is 29.6. The molecule has 0 atom stereocenters. The van der Waals surface area contributed by atoms with Gasteiger partial charge in [-0.3, -0.25) is 0 Å². The van der Waals surface area contributed by atoms with Crippen LogP contribution in [0.4, 0.5) is 34.1 Å². The molecule has 0 amide bonds. The van der Waals surface area contributed by atoms with Crippen molar-refractivity contribution in [3.8, 4) is 67.0 Å². The molecular formula is C132H151BN4. The van der Waals surface area contributed by atoms with Gasteiger partial charge in [0, 0.05) is 77.9 Å². The molecule has 5 heteroatoms. The van der Waals surface area contributed by atoms with Crippen LogP contribution in [0, 0.1) is 0 Å². The maximum Gasteiger partial charge on any atom is 0.252 e. The van der Waals surface area contributed by atoms with Crippen molar-refractivity contribution in [2.24, 2.45) is 0 Å². The summed E-state index contributed by atoms with van der Waals surface area (Å²) in [6, 6.07) is 80.6. The van der Waals surface area contributed by atoms with Gasteiger partial charge < -0.3 is 18.9 Å². The Hall–Kier alpha value is -11.7. The fourth-order valence-corrected chi connectivity index (χ4v) is 20.8. The largest absolute Gasteiger partial charge is 0.310 e. The van der Waals surface area contributed by atoms with Gasteiger partial charge in [-0.15, -0.1) is 0 Å². The van der Waals surface area contributed by atoms with Crippen molar-refractivity contribution >= 4 is 101 Å². The third kappa shape index (κ3) is 17.4. The van der Waals surface area contributed by atoms with Gasteiger partial charge in [0.15, 0.2) is 0 Å². The summed E-state index contributed by atoms with van der Waals surface area (Å²) in [5, 5.41) is 2.37. The molecule has 2 aromatic heterocycles. The standard InChI is InChI=1S/C132H151BN4/c1-121(2,3)85-49-45-80(46-50-85)100-74-94(130(28,29)30)76-102(84-65-92(128(22,23)24)70-93(66-84)129(25,26)27)119(100)136-114-79-97(135-112-61-54-88(124(10,11)12)72-104(112)105-73-89(125(13,14)15)55-62-113(105)135)57-60-108(114)133-109-59-56-96(134-110-43-39-37-41-98(110)99-42-38-40-44-111(99)134)78-115(109)137(117-68-83(67-116(136)118(117)133)82-63-90(126(16,17)18)69-91(64-82)127(19,20)21)120-101(81-47-51-86(52-48-81)122(4,5)6)75-95(131(31,32)33)77-106(120)103-71-87(123(7,8)9)53-58-107(103)132(34,35)36/h37-79H,1-36H3/i37D,38D,39D,40D,41D,42D,43D,44D. The van der Waals surface area contributed by atoms with Gasteiger partial charge in [0.1, 0.15) is 0 Å². The highest BCUT2D eigenvalue weighted by molar-refractivity contribution is 7.00. The maximum absolute atomic E-state index is 10.3. The van der Waals surface area contributed by atoms with Crippen molar-refractivity contribution in [1.29, 1.82) is 0 Å². The van der Waals surface area contributed by atoms with Crippen LogP contribution in [0.2, 0.25) is 0 Å². The molecule has 702 valence electrons. The Labute approximate surface area is 834 Å². The van der Waals surface area contributed by atoms with Crippen molar-refractivity contribution < 1.29 is 11.0 Å². The van der Waals surface area contributed by atoms with Crippen LogP contribution in [0.15, 0.2) is 261 Å². The van der Waals surface area contributed by atoms with Gasteiger partial charge in [-0.2, -0.15) is 0 Å². The lowest BCUT2D eigenvalue weighted by Gasteiger charge is -2.46. The Kier molecular flexibility index (Phi) is 20.3. The molecule has 18 rings (SSSR count). The third-order valence-electron chi connectivity index (χ3n) is 29.6. The molecule has 16 aromatic rings. The Bertz CT molecular complexity index is 7830. The first-order valence-electron chi connectivity index (χ1n) is 54.1. The summed E-state index contributed by atoms with van der Waals surface area (Å²) in [5.41, 5.74) is 33.4. The average Bonchev–Trinajstić information content (AvgIpc) is 0.969. The summed E-state index contributed by atoms with van der Waals surface area (Å²) in [6.07, 6.45) is 0. The van der Waals surface area contributed by atoms with Gasteiger partial charge in [-0.25, -0.2) is 0 Å². The van der Waals surface area contributed by atoms with Gasteiger partial charge in [-0.05, 0) is 279 Å². The number of anilines is 6. The molecule has 4 heterocycles. The highest BCUT2D eigenvalue weighted by Gasteiger charge is 2.48. The van der Waals surface area contributed by atoms with Crippen LogP contribution in [0.5, 0.6) is 0 Å². The minimum atomic E-state index is -0.620. The fourth-order valence-electron chi connectivity index (χ4n) is 20.8. The first-order chi connectivity index (χ1) is 66.8. The molecule has 0 saturated carbocycles. The molecular weight excluding hydrogens is 1650 g/mol. The Morgan fingerprint density at radius 2 is 0.496 bits per heavy atom. The lowest BCUT2D eigenvalue weighted by Crippen LogP contribution is -2.61. The van der Waals surface area contributed by atoms with Crippen molar-refractivity contribution in [3.05, 3.63) is 327 Å².